The van der Waals surface area contributed by atoms with E-state index in [1.165, 1.54) is 12.1 Å². The zero-order chi connectivity index (χ0) is 13.9. The molecule has 0 radical (unpaired) electrons. The number of hydrogen-bond acceptors (Lipinski definition) is 2. The van der Waals surface area contributed by atoms with Crippen molar-refractivity contribution in [2.24, 2.45) is 0 Å². The third-order valence-corrected chi connectivity index (χ3v) is 2.89. The zero-order valence-electron chi connectivity index (χ0n) is 10.3. The van der Waals surface area contributed by atoms with E-state index in [1.54, 1.807) is 32.9 Å². The van der Waals surface area contributed by atoms with Gasteiger partial charge in [0.25, 0.3) is 0 Å². The van der Waals surface area contributed by atoms with E-state index in [1.807, 2.05) is 0 Å². The van der Waals surface area contributed by atoms with Crippen LogP contribution in [0.25, 0.3) is 6.08 Å². The highest BCUT2D eigenvalue weighted by atomic mass is 35.5. The number of ether oxygens (including phenoxy) is 1. The highest BCUT2D eigenvalue weighted by Crippen LogP contribution is 2.29. The van der Waals surface area contributed by atoms with Gasteiger partial charge in [0.05, 0.1) is 10.0 Å². The third kappa shape index (κ3) is 4.89. The molecule has 1 aromatic carbocycles. The Morgan fingerprint density at radius 1 is 1.11 bits per heavy atom. The lowest BCUT2D eigenvalue weighted by molar-refractivity contribution is -0.148. The maximum atomic E-state index is 11.5. The van der Waals surface area contributed by atoms with Gasteiger partial charge in [0, 0.05) is 11.1 Å². The van der Waals surface area contributed by atoms with Crippen LogP contribution in [-0.4, -0.2) is 11.6 Å². The lowest BCUT2D eigenvalue weighted by Gasteiger charge is -2.17. The maximum Gasteiger partial charge on any atom is 0.331 e. The van der Waals surface area contributed by atoms with Crippen LogP contribution in [0, 0.1) is 0 Å². The van der Waals surface area contributed by atoms with Crippen LogP contribution in [0.3, 0.4) is 0 Å². The summed E-state index contributed by atoms with van der Waals surface area (Å²) in [5, 5.41) is 1.17. The number of carbonyl (C=O) groups excluding carboxylic acids is 1. The van der Waals surface area contributed by atoms with Gasteiger partial charge in [-0.05, 0) is 44.5 Å². The van der Waals surface area contributed by atoms with Gasteiger partial charge in [0.15, 0.2) is 0 Å². The number of benzene rings is 1. The average Bonchev–Trinajstić information content (AvgIpc) is 2.19. The van der Waals surface area contributed by atoms with E-state index in [9.17, 15) is 4.79 Å². The predicted octanol–water partition coefficient (Wildman–Crippen LogP) is 5.00. The lowest BCUT2D eigenvalue weighted by atomic mass is 10.2. The van der Waals surface area contributed by atoms with Crippen molar-refractivity contribution in [3.8, 4) is 0 Å². The molecule has 5 heteroatoms. The van der Waals surface area contributed by atoms with Gasteiger partial charge in [-0.2, -0.15) is 0 Å². The van der Waals surface area contributed by atoms with Crippen molar-refractivity contribution >= 4 is 46.8 Å². The number of halogens is 3. The van der Waals surface area contributed by atoms with E-state index >= 15 is 0 Å². The molecule has 1 aromatic rings. The molecule has 0 aliphatic carbocycles. The maximum absolute atomic E-state index is 11.5. The summed E-state index contributed by atoms with van der Waals surface area (Å²) in [6.45, 7) is 5.39. The number of esters is 1. The molecular weight excluding hydrogens is 294 g/mol. The second-order valence-electron chi connectivity index (χ2n) is 4.65. The molecule has 0 bridgehead atoms. The first-order valence-corrected chi connectivity index (χ1v) is 6.38. The van der Waals surface area contributed by atoms with Crippen LogP contribution in [0.5, 0.6) is 0 Å². The Balaban J connectivity index is 2.85. The fourth-order valence-corrected chi connectivity index (χ4v) is 1.78. The van der Waals surface area contributed by atoms with E-state index in [0.717, 1.165) is 0 Å². The first-order valence-electron chi connectivity index (χ1n) is 5.24. The van der Waals surface area contributed by atoms with Crippen LogP contribution in [0.15, 0.2) is 18.2 Å². The summed E-state index contributed by atoms with van der Waals surface area (Å²) in [5.74, 6) is -0.440. The summed E-state index contributed by atoms with van der Waals surface area (Å²) < 4.78 is 5.13. The van der Waals surface area contributed by atoms with Crippen molar-refractivity contribution in [2.45, 2.75) is 26.4 Å². The van der Waals surface area contributed by atoms with Gasteiger partial charge in [-0.25, -0.2) is 4.79 Å². The van der Waals surface area contributed by atoms with Gasteiger partial charge >= 0.3 is 5.97 Å². The standard InChI is InChI=1S/C13H13Cl3O2/c1-13(2,3)18-12(17)5-4-8-6-10(15)11(16)7-9(8)14/h4-7H,1-3H3/b5-4+. The normalized spacial score (nSPS) is 11.9. The minimum atomic E-state index is -0.525. The lowest BCUT2D eigenvalue weighted by Crippen LogP contribution is -2.22. The van der Waals surface area contributed by atoms with Crippen molar-refractivity contribution < 1.29 is 9.53 Å². The highest BCUT2D eigenvalue weighted by Gasteiger charge is 2.14. The zero-order valence-corrected chi connectivity index (χ0v) is 12.5. The molecule has 0 heterocycles. The molecule has 0 fully saturated rings. The van der Waals surface area contributed by atoms with E-state index in [4.69, 9.17) is 39.5 Å². The molecule has 18 heavy (non-hydrogen) atoms. The summed E-state index contributed by atoms with van der Waals surface area (Å²) in [6, 6.07) is 3.12. The Hall–Kier alpha value is -0.700. The molecule has 0 unspecified atom stereocenters. The van der Waals surface area contributed by atoms with Crippen LogP contribution in [0.2, 0.25) is 15.1 Å². The number of carbonyl (C=O) groups is 1. The Kier molecular flexibility index (Phi) is 5.09. The molecule has 2 nitrogen and oxygen atoms in total. The van der Waals surface area contributed by atoms with Crippen LogP contribution < -0.4 is 0 Å². The molecule has 0 aliphatic rings. The predicted molar refractivity (Wildman–Crippen MR) is 76.4 cm³/mol. The van der Waals surface area contributed by atoms with Gasteiger partial charge in [0.1, 0.15) is 5.60 Å². The Morgan fingerprint density at radius 2 is 1.67 bits per heavy atom. The van der Waals surface area contributed by atoms with E-state index < -0.39 is 11.6 Å². The van der Waals surface area contributed by atoms with E-state index in [2.05, 4.69) is 0 Å². The number of hydrogen-bond donors (Lipinski definition) is 0. The molecule has 0 spiro atoms. The topological polar surface area (TPSA) is 26.3 Å². The first kappa shape index (κ1) is 15.4. The van der Waals surface area contributed by atoms with Gasteiger partial charge in [0.2, 0.25) is 0 Å². The Morgan fingerprint density at radius 3 is 2.22 bits per heavy atom. The van der Waals surface area contributed by atoms with Gasteiger partial charge in [-0.3, -0.25) is 0 Å². The second kappa shape index (κ2) is 5.96. The number of rotatable bonds is 2. The molecular formula is C13H13Cl3O2. The molecule has 0 saturated carbocycles. The van der Waals surface area contributed by atoms with E-state index in [-0.39, 0.29) is 0 Å². The van der Waals surface area contributed by atoms with Gasteiger partial charge in [-0.1, -0.05) is 34.8 Å². The van der Waals surface area contributed by atoms with Crippen molar-refractivity contribution in [3.05, 3.63) is 38.8 Å². The molecule has 98 valence electrons. The summed E-state index contributed by atoms with van der Waals surface area (Å²) in [7, 11) is 0. The quantitative estimate of drug-likeness (QED) is 0.436. The fourth-order valence-electron chi connectivity index (χ4n) is 1.16. The van der Waals surface area contributed by atoms with E-state index in [0.29, 0.717) is 20.6 Å². The fraction of sp³-hybridized carbons (Fsp3) is 0.308. The minimum absolute atomic E-state index is 0.371. The van der Waals surface area contributed by atoms with Crippen LogP contribution in [-0.2, 0) is 9.53 Å². The first-order chi connectivity index (χ1) is 8.19. The monoisotopic (exact) mass is 306 g/mol. The smallest absolute Gasteiger partial charge is 0.331 e. The van der Waals surface area contributed by atoms with Crippen LogP contribution in [0.1, 0.15) is 26.3 Å². The molecule has 0 aliphatic heterocycles. The summed E-state index contributed by atoms with van der Waals surface area (Å²) in [4.78, 5) is 11.5. The molecule has 0 atom stereocenters. The second-order valence-corrected chi connectivity index (χ2v) is 5.88. The largest absolute Gasteiger partial charge is 0.457 e. The van der Waals surface area contributed by atoms with Gasteiger partial charge < -0.3 is 4.74 Å². The summed E-state index contributed by atoms with van der Waals surface area (Å²) in [6.07, 6.45) is 2.84. The summed E-state index contributed by atoms with van der Waals surface area (Å²) in [5.41, 5.74) is 0.0833. The summed E-state index contributed by atoms with van der Waals surface area (Å²) >= 11 is 17.6. The van der Waals surface area contributed by atoms with Gasteiger partial charge in [-0.15, -0.1) is 0 Å². The van der Waals surface area contributed by atoms with Crippen LogP contribution in [0.4, 0.5) is 0 Å². The Labute approximate surface area is 121 Å². The SMILES string of the molecule is CC(C)(C)OC(=O)/C=C/c1cc(Cl)c(Cl)cc1Cl. The van der Waals surface area contributed by atoms with Crippen molar-refractivity contribution in [2.75, 3.05) is 0 Å². The van der Waals surface area contributed by atoms with Crippen molar-refractivity contribution in [3.63, 3.8) is 0 Å². The van der Waals surface area contributed by atoms with Crippen LogP contribution >= 0.6 is 34.8 Å². The molecule has 0 amide bonds. The highest BCUT2D eigenvalue weighted by molar-refractivity contribution is 6.43. The molecule has 1 rings (SSSR count). The average molecular weight is 308 g/mol. The minimum Gasteiger partial charge on any atom is -0.457 e. The molecule has 0 N–H and O–H groups in total. The third-order valence-electron chi connectivity index (χ3n) is 1.85. The molecule has 0 saturated heterocycles. The van der Waals surface area contributed by atoms with Crippen molar-refractivity contribution in [1.29, 1.82) is 0 Å². The Bertz CT molecular complexity index is 488. The van der Waals surface area contributed by atoms with Crippen molar-refractivity contribution in [1.82, 2.24) is 0 Å². The molecule has 0 aromatic heterocycles.